The minimum atomic E-state index is -3.44. The lowest BCUT2D eigenvalue weighted by Crippen LogP contribution is -2.40. The zero-order valence-electron chi connectivity index (χ0n) is 15.2. The number of ether oxygens (including phenoxy) is 1. The Balaban J connectivity index is 1.57. The van der Waals surface area contributed by atoms with Gasteiger partial charge >= 0.3 is 0 Å². The molecule has 8 heteroatoms. The molecule has 0 bridgehead atoms. The van der Waals surface area contributed by atoms with Crippen molar-refractivity contribution in [1.82, 2.24) is 9.97 Å². The van der Waals surface area contributed by atoms with Crippen molar-refractivity contribution in [3.8, 4) is 0 Å². The SMILES string of the molecule is O=S(=O)(CCc1ccccc1)N1CCCc2cnc(N3CCOCC3)nc21. The second-order valence-corrected chi connectivity index (χ2v) is 8.86. The normalized spacial score (nSPS) is 17.6. The Kier molecular flexibility index (Phi) is 5.27. The van der Waals surface area contributed by atoms with Crippen LogP contribution in [0.4, 0.5) is 11.8 Å². The molecule has 1 saturated heterocycles. The third kappa shape index (κ3) is 4.06. The number of morpholine rings is 1. The van der Waals surface area contributed by atoms with Crippen LogP contribution in [0, 0.1) is 0 Å². The Hall–Kier alpha value is -2.19. The molecule has 1 fully saturated rings. The van der Waals surface area contributed by atoms with Crippen molar-refractivity contribution in [2.75, 3.05) is 47.8 Å². The summed E-state index contributed by atoms with van der Waals surface area (Å²) >= 11 is 0. The van der Waals surface area contributed by atoms with Crippen LogP contribution in [0.1, 0.15) is 17.5 Å². The van der Waals surface area contributed by atoms with Crippen molar-refractivity contribution in [1.29, 1.82) is 0 Å². The summed E-state index contributed by atoms with van der Waals surface area (Å²) in [5, 5.41) is 0. The highest BCUT2D eigenvalue weighted by molar-refractivity contribution is 7.92. The van der Waals surface area contributed by atoms with Crippen LogP contribution >= 0.6 is 0 Å². The molecular formula is C19H24N4O3S. The predicted molar refractivity (Wildman–Crippen MR) is 105 cm³/mol. The Bertz CT molecular complexity index is 883. The molecule has 0 spiro atoms. The molecule has 0 radical (unpaired) electrons. The van der Waals surface area contributed by atoms with Gasteiger partial charge in [-0.25, -0.2) is 13.4 Å². The molecular weight excluding hydrogens is 364 g/mol. The van der Waals surface area contributed by atoms with E-state index >= 15 is 0 Å². The summed E-state index contributed by atoms with van der Waals surface area (Å²) in [5.74, 6) is 1.21. The monoisotopic (exact) mass is 388 g/mol. The first-order valence-electron chi connectivity index (χ1n) is 9.36. The summed E-state index contributed by atoms with van der Waals surface area (Å²) in [4.78, 5) is 11.2. The molecule has 0 saturated carbocycles. The zero-order valence-corrected chi connectivity index (χ0v) is 16.1. The Morgan fingerprint density at radius 3 is 2.63 bits per heavy atom. The third-order valence-corrected chi connectivity index (χ3v) is 6.74. The quantitative estimate of drug-likeness (QED) is 0.775. The average molecular weight is 388 g/mol. The number of aryl methyl sites for hydroxylation is 2. The van der Waals surface area contributed by atoms with Crippen LogP contribution in [0.15, 0.2) is 36.5 Å². The number of rotatable bonds is 5. The molecule has 0 N–H and O–H groups in total. The number of hydrogen-bond acceptors (Lipinski definition) is 6. The highest BCUT2D eigenvalue weighted by Crippen LogP contribution is 2.29. The third-order valence-electron chi connectivity index (χ3n) is 4.99. The van der Waals surface area contributed by atoms with E-state index in [1.165, 1.54) is 4.31 Å². The molecule has 0 unspecified atom stereocenters. The zero-order chi connectivity index (χ0) is 18.7. The van der Waals surface area contributed by atoms with Crippen molar-refractivity contribution >= 4 is 21.8 Å². The van der Waals surface area contributed by atoms with Crippen LogP contribution in [0.5, 0.6) is 0 Å². The van der Waals surface area contributed by atoms with Crippen molar-refractivity contribution in [2.24, 2.45) is 0 Å². The first kappa shape index (κ1) is 18.2. The molecule has 1 aromatic carbocycles. The molecule has 0 atom stereocenters. The lowest BCUT2D eigenvalue weighted by molar-refractivity contribution is 0.122. The van der Waals surface area contributed by atoms with Gasteiger partial charge in [0.1, 0.15) is 0 Å². The fourth-order valence-corrected chi connectivity index (χ4v) is 5.03. The Morgan fingerprint density at radius 1 is 1.07 bits per heavy atom. The highest BCUT2D eigenvalue weighted by Gasteiger charge is 2.30. The summed E-state index contributed by atoms with van der Waals surface area (Å²) < 4.78 is 32.9. The smallest absolute Gasteiger partial charge is 0.236 e. The summed E-state index contributed by atoms with van der Waals surface area (Å²) in [7, 11) is -3.44. The number of anilines is 2. The van der Waals surface area contributed by atoms with Gasteiger partial charge < -0.3 is 9.64 Å². The summed E-state index contributed by atoms with van der Waals surface area (Å²) in [6.45, 7) is 3.20. The summed E-state index contributed by atoms with van der Waals surface area (Å²) in [5.41, 5.74) is 1.93. The largest absolute Gasteiger partial charge is 0.378 e. The van der Waals surface area contributed by atoms with Crippen LogP contribution < -0.4 is 9.21 Å². The Morgan fingerprint density at radius 2 is 1.85 bits per heavy atom. The number of sulfonamides is 1. The van der Waals surface area contributed by atoms with Crippen molar-refractivity contribution in [3.63, 3.8) is 0 Å². The molecule has 144 valence electrons. The number of aromatic nitrogens is 2. The van der Waals surface area contributed by atoms with Gasteiger partial charge in [-0.05, 0) is 24.8 Å². The minimum absolute atomic E-state index is 0.0767. The second-order valence-electron chi connectivity index (χ2n) is 6.85. The van der Waals surface area contributed by atoms with Crippen LogP contribution in [0.25, 0.3) is 0 Å². The van der Waals surface area contributed by atoms with Gasteiger partial charge in [0.15, 0.2) is 5.82 Å². The molecule has 0 aliphatic carbocycles. The minimum Gasteiger partial charge on any atom is -0.378 e. The molecule has 1 aromatic heterocycles. The lowest BCUT2D eigenvalue weighted by Gasteiger charge is -2.32. The fraction of sp³-hybridized carbons (Fsp3) is 0.474. The van der Waals surface area contributed by atoms with E-state index in [-0.39, 0.29) is 5.75 Å². The Labute approximate surface area is 160 Å². The number of fused-ring (bicyclic) bond motifs is 1. The molecule has 4 rings (SSSR count). The van der Waals surface area contributed by atoms with Crippen LogP contribution in [-0.4, -0.2) is 57.0 Å². The maximum atomic E-state index is 13.0. The standard InChI is InChI=1S/C19H24N4O3S/c24-27(25,14-8-16-5-2-1-3-6-16)23-9-4-7-17-15-20-19(21-18(17)23)22-10-12-26-13-11-22/h1-3,5-6,15H,4,7-14H2. The fourth-order valence-electron chi connectivity index (χ4n) is 3.49. The summed E-state index contributed by atoms with van der Waals surface area (Å²) in [6, 6.07) is 9.71. The first-order chi connectivity index (χ1) is 13.1. The molecule has 0 amide bonds. The van der Waals surface area contributed by atoms with Gasteiger partial charge in [-0.2, -0.15) is 4.98 Å². The average Bonchev–Trinajstić information content (AvgIpc) is 2.73. The van der Waals surface area contributed by atoms with E-state index in [1.54, 1.807) is 6.20 Å². The van der Waals surface area contributed by atoms with E-state index in [4.69, 9.17) is 4.74 Å². The van der Waals surface area contributed by atoms with Gasteiger partial charge in [-0.1, -0.05) is 30.3 Å². The van der Waals surface area contributed by atoms with E-state index in [9.17, 15) is 8.42 Å². The molecule has 2 aliphatic heterocycles. The maximum absolute atomic E-state index is 13.0. The molecule has 7 nitrogen and oxygen atoms in total. The van der Waals surface area contributed by atoms with Gasteiger partial charge in [0, 0.05) is 31.4 Å². The molecule has 2 aromatic rings. The van der Waals surface area contributed by atoms with E-state index in [1.807, 2.05) is 35.2 Å². The van der Waals surface area contributed by atoms with E-state index in [0.29, 0.717) is 37.9 Å². The second kappa shape index (κ2) is 7.82. The van der Waals surface area contributed by atoms with E-state index in [2.05, 4.69) is 9.97 Å². The molecule has 2 aliphatic rings. The highest BCUT2D eigenvalue weighted by atomic mass is 32.2. The van der Waals surface area contributed by atoms with Crippen molar-refractivity contribution in [2.45, 2.75) is 19.3 Å². The van der Waals surface area contributed by atoms with E-state index in [0.717, 1.165) is 37.1 Å². The van der Waals surface area contributed by atoms with E-state index < -0.39 is 10.0 Å². The predicted octanol–water partition coefficient (Wildman–Crippen LogP) is 1.64. The maximum Gasteiger partial charge on any atom is 0.236 e. The van der Waals surface area contributed by atoms with Gasteiger partial charge in [0.2, 0.25) is 16.0 Å². The summed E-state index contributed by atoms with van der Waals surface area (Å²) in [6.07, 6.45) is 3.88. The van der Waals surface area contributed by atoms with Crippen molar-refractivity contribution in [3.05, 3.63) is 47.7 Å². The van der Waals surface area contributed by atoms with Gasteiger partial charge in [-0.15, -0.1) is 0 Å². The molecule has 27 heavy (non-hydrogen) atoms. The van der Waals surface area contributed by atoms with Crippen LogP contribution in [-0.2, 0) is 27.6 Å². The topological polar surface area (TPSA) is 75.6 Å². The van der Waals surface area contributed by atoms with Gasteiger partial charge in [-0.3, -0.25) is 4.31 Å². The molecule has 3 heterocycles. The van der Waals surface area contributed by atoms with Crippen LogP contribution in [0.3, 0.4) is 0 Å². The van der Waals surface area contributed by atoms with Gasteiger partial charge in [0.05, 0.1) is 19.0 Å². The number of nitrogens with zero attached hydrogens (tertiary/aromatic N) is 4. The lowest BCUT2D eigenvalue weighted by atomic mass is 10.1. The van der Waals surface area contributed by atoms with Crippen LogP contribution in [0.2, 0.25) is 0 Å². The first-order valence-corrected chi connectivity index (χ1v) is 11.0. The van der Waals surface area contributed by atoms with Gasteiger partial charge in [0.25, 0.3) is 0 Å². The number of hydrogen-bond donors (Lipinski definition) is 0. The van der Waals surface area contributed by atoms with Crippen molar-refractivity contribution < 1.29 is 13.2 Å². The number of benzene rings is 1.